The number of pyridine rings is 1. The minimum Gasteiger partial charge on any atom is -0.481 e. The molecule has 0 saturated carbocycles. The van der Waals surface area contributed by atoms with Crippen LogP contribution in [0.15, 0.2) is 42.7 Å². The first-order valence-electron chi connectivity index (χ1n) is 8.51. The van der Waals surface area contributed by atoms with Gasteiger partial charge in [-0.15, -0.1) is 0 Å². The molecule has 0 bridgehead atoms. The van der Waals surface area contributed by atoms with E-state index in [-0.39, 0.29) is 30.8 Å². The summed E-state index contributed by atoms with van der Waals surface area (Å²) < 4.78 is 26.8. The smallest absolute Gasteiger partial charge is 0.305 e. The van der Waals surface area contributed by atoms with Crippen LogP contribution in [0.4, 0.5) is 8.78 Å². The first-order valence-corrected chi connectivity index (χ1v) is 8.51. The minimum absolute atomic E-state index is 0.0848. The number of carboxylic acid groups (broad SMARTS) is 1. The Bertz CT molecular complexity index is 887. The summed E-state index contributed by atoms with van der Waals surface area (Å²) in [5, 5.41) is 9.18. The van der Waals surface area contributed by atoms with Crippen molar-refractivity contribution < 1.29 is 28.3 Å². The molecule has 1 atom stereocenters. The van der Waals surface area contributed by atoms with E-state index in [0.717, 1.165) is 18.2 Å². The maximum Gasteiger partial charge on any atom is 0.305 e. The molecule has 1 aromatic heterocycles. The predicted octanol–water partition coefficient (Wildman–Crippen LogP) is 1.69. The first kappa shape index (κ1) is 19.4. The number of hydrogen-bond donors (Lipinski definition) is 1. The Hall–Kier alpha value is -3.36. The molecule has 2 heterocycles. The van der Waals surface area contributed by atoms with Gasteiger partial charge in [0.1, 0.15) is 17.7 Å². The second kappa shape index (κ2) is 8.12. The van der Waals surface area contributed by atoms with Crippen molar-refractivity contribution in [3.05, 3.63) is 65.5 Å². The second-order valence-corrected chi connectivity index (χ2v) is 6.39. The van der Waals surface area contributed by atoms with Crippen molar-refractivity contribution in [1.29, 1.82) is 0 Å². The highest BCUT2D eigenvalue weighted by Gasteiger charge is 2.39. The normalized spacial score (nSPS) is 16.9. The molecule has 1 fully saturated rings. The zero-order valence-corrected chi connectivity index (χ0v) is 14.7. The number of piperazine rings is 1. The summed E-state index contributed by atoms with van der Waals surface area (Å²) in [5.74, 6) is -3.86. The van der Waals surface area contributed by atoms with Crippen LogP contribution >= 0.6 is 0 Å². The topological polar surface area (TPSA) is 90.8 Å². The number of nitrogens with zero attached hydrogens (tertiary/aromatic N) is 3. The van der Waals surface area contributed by atoms with Crippen LogP contribution in [0.25, 0.3) is 0 Å². The molecule has 7 nitrogen and oxygen atoms in total. The van der Waals surface area contributed by atoms with Crippen molar-refractivity contribution in [3.8, 4) is 0 Å². The van der Waals surface area contributed by atoms with Crippen LogP contribution in [0, 0.1) is 11.6 Å². The monoisotopic (exact) mass is 389 g/mol. The van der Waals surface area contributed by atoms with Gasteiger partial charge in [-0.25, -0.2) is 8.78 Å². The lowest BCUT2D eigenvalue weighted by atomic mass is 10.0. The lowest BCUT2D eigenvalue weighted by Crippen LogP contribution is -2.59. The quantitative estimate of drug-likeness (QED) is 0.840. The number of carboxylic acids is 1. The molecule has 0 radical (unpaired) electrons. The zero-order valence-electron chi connectivity index (χ0n) is 14.7. The van der Waals surface area contributed by atoms with E-state index in [1.165, 1.54) is 28.3 Å². The Morgan fingerprint density at radius 2 is 1.89 bits per heavy atom. The minimum atomic E-state index is -1.24. The van der Waals surface area contributed by atoms with Crippen molar-refractivity contribution in [1.82, 2.24) is 14.8 Å². The van der Waals surface area contributed by atoms with Gasteiger partial charge in [0, 0.05) is 38.1 Å². The summed E-state index contributed by atoms with van der Waals surface area (Å²) in [6.45, 7) is 0.118. The van der Waals surface area contributed by atoms with E-state index in [9.17, 15) is 28.3 Å². The molecule has 9 heteroatoms. The van der Waals surface area contributed by atoms with Gasteiger partial charge in [-0.1, -0.05) is 0 Å². The first-order chi connectivity index (χ1) is 13.3. The fourth-order valence-corrected chi connectivity index (χ4v) is 3.18. The van der Waals surface area contributed by atoms with Gasteiger partial charge in [-0.3, -0.25) is 19.4 Å². The zero-order chi connectivity index (χ0) is 20.3. The van der Waals surface area contributed by atoms with Gasteiger partial charge in [0.15, 0.2) is 0 Å². The molecule has 1 aromatic carbocycles. The van der Waals surface area contributed by atoms with Crippen LogP contribution in [0.3, 0.4) is 0 Å². The summed E-state index contributed by atoms with van der Waals surface area (Å²) in [6, 6.07) is 4.82. The Morgan fingerprint density at radius 1 is 1.18 bits per heavy atom. The van der Waals surface area contributed by atoms with Crippen LogP contribution < -0.4 is 0 Å². The molecule has 1 unspecified atom stereocenters. The average Bonchev–Trinajstić information content (AvgIpc) is 2.64. The summed E-state index contributed by atoms with van der Waals surface area (Å²) in [7, 11) is 0. The molecule has 1 aliphatic heterocycles. The lowest BCUT2D eigenvalue weighted by molar-refractivity contribution is -0.148. The van der Waals surface area contributed by atoms with Crippen LogP contribution in [-0.4, -0.2) is 56.8 Å². The van der Waals surface area contributed by atoms with Crippen LogP contribution in [-0.2, 0) is 16.1 Å². The molecule has 1 saturated heterocycles. The fourth-order valence-electron chi connectivity index (χ4n) is 3.18. The Labute approximate surface area is 159 Å². The van der Waals surface area contributed by atoms with Gasteiger partial charge < -0.3 is 14.9 Å². The SMILES string of the molecule is O=C(O)CC1C(=O)N(Cc2cc(F)cc(F)c2)CCN1C(=O)c1cccnc1. The van der Waals surface area contributed by atoms with E-state index < -0.39 is 41.9 Å². The third-order valence-electron chi connectivity index (χ3n) is 4.42. The molecule has 2 amide bonds. The van der Waals surface area contributed by atoms with Gasteiger partial charge in [-0.05, 0) is 29.8 Å². The fraction of sp³-hybridized carbons (Fsp3) is 0.263. The third-order valence-corrected chi connectivity index (χ3v) is 4.42. The van der Waals surface area contributed by atoms with E-state index in [1.54, 1.807) is 6.07 Å². The van der Waals surface area contributed by atoms with Crippen LogP contribution in [0.2, 0.25) is 0 Å². The molecule has 0 spiro atoms. The highest BCUT2D eigenvalue weighted by atomic mass is 19.1. The number of hydrogen-bond acceptors (Lipinski definition) is 4. The van der Waals surface area contributed by atoms with Crippen molar-refractivity contribution in [3.63, 3.8) is 0 Å². The molecule has 28 heavy (non-hydrogen) atoms. The van der Waals surface area contributed by atoms with E-state index in [0.29, 0.717) is 0 Å². The van der Waals surface area contributed by atoms with E-state index in [4.69, 9.17) is 0 Å². The Morgan fingerprint density at radius 3 is 2.50 bits per heavy atom. The number of halogens is 2. The summed E-state index contributed by atoms with van der Waals surface area (Å²) in [5.41, 5.74) is 0.485. The Balaban J connectivity index is 1.82. The summed E-state index contributed by atoms with van der Waals surface area (Å²) in [6.07, 6.45) is 2.26. The number of benzene rings is 1. The third kappa shape index (κ3) is 4.30. The second-order valence-electron chi connectivity index (χ2n) is 6.39. The molecule has 0 aliphatic carbocycles. The number of amides is 2. The molecule has 1 N–H and O–H groups in total. The number of carbonyl (C=O) groups excluding carboxylic acids is 2. The standard InChI is InChI=1S/C19H17F2N3O4/c20-14-6-12(7-15(21)8-14)11-23-4-5-24(16(19(23)28)9-17(25)26)18(27)13-2-1-3-22-10-13/h1-3,6-8,10,16H,4-5,9,11H2,(H,25,26). The van der Waals surface area contributed by atoms with E-state index in [1.807, 2.05) is 0 Å². The molecule has 3 rings (SSSR count). The summed E-state index contributed by atoms with van der Waals surface area (Å²) >= 11 is 0. The van der Waals surface area contributed by atoms with Crippen molar-refractivity contribution in [2.24, 2.45) is 0 Å². The average molecular weight is 389 g/mol. The van der Waals surface area contributed by atoms with Crippen molar-refractivity contribution >= 4 is 17.8 Å². The highest BCUT2D eigenvalue weighted by Crippen LogP contribution is 2.20. The van der Waals surface area contributed by atoms with Gasteiger partial charge in [0.25, 0.3) is 5.91 Å². The molecule has 2 aromatic rings. The van der Waals surface area contributed by atoms with Gasteiger partial charge in [0.2, 0.25) is 5.91 Å². The van der Waals surface area contributed by atoms with Crippen molar-refractivity contribution in [2.75, 3.05) is 13.1 Å². The molecule has 1 aliphatic rings. The van der Waals surface area contributed by atoms with Crippen molar-refractivity contribution in [2.45, 2.75) is 19.0 Å². The van der Waals surface area contributed by atoms with Gasteiger partial charge in [0.05, 0.1) is 12.0 Å². The number of rotatable bonds is 5. The van der Waals surface area contributed by atoms with E-state index in [2.05, 4.69) is 4.98 Å². The highest BCUT2D eigenvalue weighted by molar-refractivity contribution is 5.99. The largest absolute Gasteiger partial charge is 0.481 e. The van der Waals surface area contributed by atoms with E-state index >= 15 is 0 Å². The number of aromatic nitrogens is 1. The summed E-state index contributed by atoms with van der Waals surface area (Å²) in [4.78, 5) is 43.2. The number of aliphatic carboxylic acids is 1. The maximum atomic E-state index is 13.4. The molecular weight excluding hydrogens is 372 g/mol. The van der Waals surface area contributed by atoms with Crippen LogP contribution in [0.5, 0.6) is 0 Å². The van der Waals surface area contributed by atoms with Gasteiger partial charge in [-0.2, -0.15) is 0 Å². The van der Waals surface area contributed by atoms with Crippen LogP contribution in [0.1, 0.15) is 22.3 Å². The lowest BCUT2D eigenvalue weighted by Gasteiger charge is -2.40. The molecule has 146 valence electrons. The maximum absolute atomic E-state index is 13.4. The Kier molecular flexibility index (Phi) is 5.62. The van der Waals surface area contributed by atoms with Gasteiger partial charge >= 0.3 is 5.97 Å². The molecular formula is C19H17F2N3O4. The predicted molar refractivity (Wildman–Crippen MR) is 93.1 cm³/mol. The number of carbonyl (C=O) groups is 3.